The van der Waals surface area contributed by atoms with E-state index in [1.54, 1.807) is 0 Å². The number of hydrogen-bond acceptors (Lipinski definition) is 3. The second kappa shape index (κ2) is 3.09. The van der Waals surface area contributed by atoms with Crippen LogP contribution in [0.25, 0.3) is 0 Å². The van der Waals surface area contributed by atoms with E-state index in [0.717, 1.165) is 6.42 Å². The van der Waals surface area contributed by atoms with Crippen LogP contribution in [0.15, 0.2) is 0 Å². The summed E-state index contributed by atoms with van der Waals surface area (Å²) in [5.41, 5.74) is -0.334. The minimum Gasteiger partial charge on any atom is -0.443 e. The van der Waals surface area contributed by atoms with Crippen molar-refractivity contribution >= 4 is 12.0 Å². The number of carbonyl (C=O) groups is 2. The molecule has 0 aromatic carbocycles. The van der Waals surface area contributed by atoms with Crippen LogP contribution in [0.3, 0.4) is 0 Å². The van der Waals surface area contributed by atoms with Crippen LogP contribution in [-0.2, 0) is 9.53 Å². The maximum Gasteiger partial charge on any atom is 0.417 e. The van der Waals surface area contributed by atoms with Crippen LogP contribution in [0.1, 0.15) is 41.0 Å². The van der Waals surface area contributed by atoms with Crippen molar-refractivity contribution < 1.29 is 14.3 Å². The lowest BCUT2D eigenvalue weighted by Crippen LogP contribution is -2.50. The molecule has 100 valence electrons. The third-order valence-corrected chi connectivity index (χ3v) is 4.99. The largest absolute Gasteiger partial charge is 0.443 e. The Labute approximate surface area is 108 Å². The second-order valence-electron chi connectivity index (χ2n) is 7.47. The minimum atomic E-state index is -0.544. The molecular formula is C14H21NO3. The molecule has 0 N–H and O–H groups in total. The first-order valence-electron chi connectivity index (χ1n) is 6.70. The van der Waals surface area contributed by atoms with Crippen molar-refractivity contribution in [1.82, 2.24) is 4.90 Å². The minimum absolute atomic E-state index is 0.00479. The maximum atomic E-state index is 12.2. The topological polar surface area (TPSA) is 46.6 Å². The molecule has 2 amide bonds. The SMILES string of the molecule is CC(C)(C)OC(=O)N1C(=O)C2C3CC1C2C3(C)C. The lowest BCUT2D eigenvalue weighted by atomic mass is 9.54. The van der Waals surface area contributed by atoms with Gasteiger partial charge in [-0.3, -0.25) is 4.79 Å². The Morgan fingerprint density at radius 2 is 2.00 bits per heavy atom. The Balaban J connectivity index is 1.81. The number of piperidine rings is 1. The lowest BCUT2D eigenvalue weighted by Gasteiger charge is -2.48. The van der Waals surface area contributed by atoms with Gasteiger partial charge in [-0.15, -0.1) is 0 Å². The van der Waals surface area contributed by atoms with Gasteiger partial charge in [0, 0.05) is 12.0 Å². The molecule has 4 atom stereocenters. The van der Waals surface area contributed by atoms with Crippen molar-refractivity contribution in [2.75, 3.05) is 0 Å². The number of amides is 2. The smallest absolute Gasteiger partial charge is 0.417 e. The molecule has 4 aliphatic rings. The first-order valence-corrected chi connectivity index (χ1v) is 6.70. The van der Waals surface area contributed by atoms with Crippen molar-refractivity contribution in [2.24, 2.45) is 23.2 Å². The molecule has 1 aliphatic heterocycles. The molecule has 18 heavy (non-hydrogen) atoms. The van der Waals surface area contributed by atoms with E-state index in [1.807, 2.05) is 20.8 Å². The summed E-state index contributed by atoms with van der Waals surface area (Å²) in [4.78, 5) is 25.8. The monoisotopic (exact) mass is 251 g/mol. The number of rotatable bonds is 0. The summed E-state index contributed by atoms with van der Waals surface area (Å²) >= 11 is 0. The van der Waals surface area contributed by atoms with Crippen molar-refractivity contribution in [2.45, 2.75) is 52.7 Å². The zero-order valence-corrected chi connectivity index (χ0v) is 11.7. The molecule has 1 saturated heterocycles. The van der Waals surface area contributed by atoms with E-state index in [9.17, 15) is 9.59 Å². The van der Waals surface area contributed by atoms with E-state index in [1.165, 1.54) is 4.90 Å². The Morgan fingerprint density at radius 1 is 1.39 bits per heavy atom. The number of ether oxygens (including phenoxy) is 1. The van der Waals surface area contributed by atoms with Gasteiger partial charge >= 0.3 is 6.09 Å². The summed E-state index contributed by atoms with van der Waals surface area (Å²) in [7, 11) is 0. The van der Waals surface area contributed by atoms with Gasteiger partial charge in [0.05, 0.1) is 0 Å². The number of hydrogen-bond donors (Lipinski definition) is 0. The van der Waals surface area contributed by atoms with Gasteiger partial charge in [-0.05, 0) is 44.4 Å². The van der Waals surface area contributed by atoms with Crippen molar-refractivity contribution in [3.63, 3.8) is 0 Å². The van der Waals surface area contributed by atoms with E-state index >= 15 is 0 Å². The van der Waals surface area contributed by atoms with Gasteiger partial charge in [-0.2, -0.15) is 0 Å². The first kappa shape index (κ1) is 12.0. The summed E-state index contributed by atoms with van der Waals surface area (Å²) in [6.07, 6.45) is 0.508. The molecule has 4 unspecified atom stereocenters. The molecule has 0 spiro atoms. The van der Waals surface area contributed by atoms with Crippen LogP contribution < -0.4 is 0 Å². The first-order chi connectivity index (χ1) is 8.14. The Kier molecular flexibility index (Phi) is 2.06. The normalized spacial score (nSPS) is 39.8. The molecule has 4 rings (SSSR count). The predicted molar refractivity (Wildman–Crippen MR) is 65.7 cm³/mol. The van der Waals surface area contributed by atoms with Crippen molar-refractivity contribution in [3.05, 3.63) is 0 Å². The Hall–Kier alpha value is -1.06. The van der Waals surface area contributed by atoms with Crippen LogP contribution >= 0.6 is 0 Å². The molecule has 4 nitrogen and oxygen atoms in total. The van der Waals surface area contributed by atoms with Crippen LogP contribution in [0.5, 0.6) is 0 Å². The number of imide groups is 1. The number of carbonyl (C=O) groups excluding carboxylic acids is 2. The molecule has 4 fully saturated rings. The van der Waals surface area contributed by atoms with E-state index in [4.69, 9.17) is 4.74 Å². The fourth-order valence-corrected chi connectivity index (χ4v) is 4.35. The van der Waals surface area contributed by atoms with Crippen LogP contribution in [-0.4, -0.2) is 28.5 Å². The quantitative estimate of drug-likeness (QED) is 0.664. The van der Waals surface area contributed by atoms with Gasteiger partial charge in [-0.25, -0.2) is 9.69 Å². The zero-order valence-electron chi connectivity index (χ0n) is 11.7. The van der Waals surface area contributed by atoms with Gasteiger partial charge in [-0.1, -0.05) is 13.8 Å². The highest BCUT2D eigenvalue weighted by atomic mass is 16.6. The molecule has 1 heterocycles. The van der Waals surface area contributed by atoms with Gasteiger partial charge < -0.3 is 4.74 Å². The maximum absolute atomic E-state index is 12.2. The summed E-state index contributed by atoms with van der Waals surface area (Å²) in [6, 6.07) is 0.0809. The standard InChI is InChI=1S/C14H21NO3/c1-13(2,3)18-12(17)15-8-6-7-9(11(15)16)10(8)14(7,4)5/h7-10H,6H2,1-5H3. The average Bonchev–Trinajstić information content (AvgIpc) is 2.74. The number of nitrogens with zero attached hydrogens (tertiary/aromatic N) is 1. The summed E-state index contributed by atoms with van der Waals surface area (Å²) in [5.74, 6) is 0.897. The van der Waals surface area contributed by atoms with E-state index < -0.39 is 11.7 Å². The molecule has 3 saturated carbocycles. The van der Waals surface area contributed by atoms with Gasteiger partial charge in [0.15, 0.2) is 0 Å². The molecule has 4 bridgehead atoms. The highest BCUT2D eigenvalue weighted by Crippen LogP contribution is 2.70. The highest BCUT2D eigenvalue weighted by molar-refractivity contribution is 5.98. The third-order valence-electron chi connectivity index (χ3n) is 4.99. The highest BCUT2D eigenvalue weighted by Gasteiger charge is 2.75. The Bertz CT molecular complexity index is 435. The predicted octanol–water partition coefficient (Wildman–Crippen LogP) is 2.42. The van der Waals surface area contributed by atoms with Gasteiger partial charge in [0.2, 0.25) is 5.91 Å². The van der Waals surface area contributed by atoms with Gasteiger partial charge in [0.1, 0.15) is 5.60 Å². The lowest BCUT2D eigenvalue weighted by molar-refractivity contribution is -0.143. The van der Waals surface area contributed by atoms with Crippen molar-refractivity contribution in [3.8, 4) is 0 Å². The van der Waals surface area contributed by atoms with Crippen LogP contribution in [0, 0.1) is 23.2 Å². The number of likely N-dealkylation sites (tertiary alicyclic amines) is 1. The third kappa shape index (κ3) is 1.26. The molecule has 4 heteroatoms. The molecule has 0 radical (unpaired) electrons. The van der Waals surface area contributed by atoms with Crippen molar-refractivity contribution in [1.29, 1.82) is 0 Å². The fourth-order valence-electron chi connectivity index (χ4n) is 4.35. The Morgan fingerprint density at radius 3 is 2.50 bits per heavy atom. The zero-order chi connectivity index (χ0) is 13.5. The van der Waals surface area contributed by atoms with E-state index in [0.29, 0.717) is 11.8 Å². The fraction of sp³-hybridized carbons (Fsp3) is 0.857. The van der Waals surface area contributed by atoms with Crippen LogP contribution in [0.4, 0.5) is 4.79 Å². The molecule has 0 aromatic rings. The summed E-state index contributed by atoms with van der Waals surface area (Å²) < 4.78 is 5.35. The second-order valence-corrected chi connectivity index (χ2v) is 7.47. The average molecular weight is 251 g/mol. The van der Waals surface area contributed by atoms with Gasteiger partial charge in [0.25, 0.3) is 0 Å². The van der Waals surface area contributed by atoms with E-state index in [-0.39, 0.29) is 23.3 Å². The van der Waals surface area contributed by atoms with E-state index in [2.05, 4.69) is 13.8 Å². The molecular weight excluding hydrogens is 230 g/mol. The summed E-state index contributed by atoms with van der Waals surface area (Å²) in [6.45, 7) is 9.91. The van der Waals surface area contributed by atoms with Crippen LogP contribution in [0.2, 0.25) is 0 Å². The molecule has 0 aromatic heterocycles. The summed E-state index contributed by atoms with van der Waals surface area (Å²) in [5, 5.41) is 0. The molecule has 3 aliphatic carbocycles.